The molecule has 0 aromatic heterocycles. The summed E-state index contributed by atoms with van der Waals surface area (Å²) in [6, 6.07) is 19.0. The minimum absolute atomic E-state index is 0.119. The zero-order chi connectivity index (χ0) is 23.3. The Morgan fingerprint density at radius 2 is 1.59 bits per heavy atom. The molecule has 0 saturated heterocycles. The molecule has 1 amide bonds. The lowest BCUT2D eigenvalue weighted by Crippen LogP contribution is -2.55. The summed E-state index contributed by atoms with van der Waals surface area (Å²) in [6.07, 6.45) is 0.263. The van der Waals surface area contributed by atoms with E-state index < -0.39 is 30.2 Å². The number of esters is 1. The van der Waals surface area contributed by atoms with E-state index in [-0.39, 0.29) is 12.5 Å². The quantitative estimate of drug-likeness (QED) is 0.521. The number of nitrogens with zero attached hydrogens (tertiary/aromatic N) is 1. The number of methoxy groups -OCH3 is 1. The third-order valence-electron chi connectivity index (χ3n) is 4.93. The van der Waals surface area contributed by atoms with E-state index in [9.17, 15) is 14.9 Å². The molecule has 0 saturated carbocycles. The molecular weight excluding hydrogens is 406 g/mol. The lowest BCUT2D eigenvalue weighted by molar-refractivity contribution is -0.143. The molecule has 2 aromatic rings. The molecule has 0 spiro atoms. The summed E-state index contributed by atoms with van der Waals surface area (Å²) >= 11 is 0. The van der Waals surface area contributed by atoms with Crippen LogP contribution in [-0.2, 0) is 27.3 Å². The van der Waals surface area contributed by atoms with Gasteiger partial charge in [-0.25, -0.2) is 4.79 Å². The molecule has 170 valence electrons. The van der Waals surface area contributed by atoms with Crippen molar-refractivity contribution in [2.75, 3.05) is 7.11 Å². The zero-order valence-electron chi connectivity index (χ0n) is 18.8. The highest BCUT2D eigenvalue weighted by Crippen LogP contribution is 2.12. The average molecular weight is 438 g/mol. The van der Waals surface area contributed by atoms with Crippen LogP contribution in [0.3, 0.4) is 0 Å². The van der Waals surface area contributed by atoms with E-state index in [0.717, 1.165) is 11.1 Å². The maximum atomic E-state index is 12.5. The second-order valence-corrected chi connectivity index (χ2v) is 7.98. The Morgan fingerprint density at radius 1 is 1.00 bits per heavy atom. The number of amides is 1. The number of alkyl carbamates (subject to hydrolysis) is 1. The van der Waals surface area contributed by atoms with Gasteiger partial charge < -0.3 is 14.8 Å². The number of hydrogen-bond donors (Lipinski definition) is 2. The van der Waals surface area contributed by atoms with Crippen molar-refractivity contribution in [3.8, 4) is 6.07 Å². The molecule has 3 atom stereocenters. The Bertz CT molecular complexity index is 881. The Morgan fingerprint density at radius 3 is 2.12 bits per heavy atom. The molecule has 0 heterocycles. The fourth-order valence-electron chi connectivity index (χ4n) is 3.34. The highest BCUT2D eigenvalue weighted by atomic mass is 16.5. The Kier molecular flexibility index (Phi) is 10.2. The van der Waals surface area contributed by atoms with E-state index in [2.05, 4.69) is 16.7 Å². The SMILES string of the molecule is COC(=O)[C@H](CC(C)C)N[C@@H](C#N)[C@H](Cc1ccccc1)NC(=O)OCc1ccccc1. The van der Waals surface area contributed by atoms with Gasteiger partial charge in [0.05, 0.1) is 19.2 Å². The highest BCUT2D eigenvalue weighted by molar-refractivity contribution is 5.75. The normalized spacial score (nSPS) is 13.5. The van der Waals surface area contributed by atoms with E-state index >= 15 is 0 Å². The van der Waals surface area contributed by atoms with Crippen molar-refractivity contribution in [3.63, 3.8) is 0 Å². The topological polar surface area (TPSA) is 100 Å². The minimum atomic E-state index is -0.831. The van der Waals surface area contributed by atoms with Crippen molar-refractivity contribution < 1.29 is 19.1 Å². The second kappa shape index (κ2) is 13.1. The molecule has 0 radical (unpaired) electrons. The number of nitrogens with one attached hydrogen (secondary N) is 2. The Hall–Kier alpha value is -3.37. The van der Waals surface area contributed by atoms with Crippen LogP contribution in [0, 0.1) is 17.2 Å². The molecule has 0 aliphatic carbocycles. The molecule has 2 rings (SSSR count). The first-order valence-corrected chi connectivity index (χ1v) is 10.7. The molecule has 7 nitrogen and oxygen atoms in total. The van der Waals surface area contributed by atoms with E-state index in [1.165, 1.54) is 7.11 Å². The van der Waals surface area contributed by atoms with E-state index in [0.29, 0.717) is 12.8 Å². The molecule has 2 N–H and O–H groups in total. The summed E-state index contributed by atoms with van der Waals surface area (Å²) in [6.45, 7) is 4.09. The van der Waals surface area contributed by atoms with Gasteiger partial charge in [0.15, 0.2) is 0 Å². The van der Waals surface area contributed by atoms with Crippen molar-refractivity contribution in [3.05, 3.63) is 71.8 Å². The number of rotatable bonds is 11. The first kappa shape index (κ1) is 24.9. The Balaban J connectivity index is 2.14. The number of carbonyl (C=O) groups is 2. The van der Waals surface area contributed by atoms with Crippen LogP contribution < -0.4 is 10.6 Å². The van der Waals surface area contributed by atoms with Crippen LogP contribution in [-0.4, -0.2) is 37.3 Å². The van der Waals surface area contributed by atoms with Gasteiger partial charge in [0.25, 0.3) is 0 Å². The number of nitriles is 1. The third-order valence-corrected chi connectivity index (χ3v) is 4.93. The van der Waals surface area contributed by atoms with Crippen LogP contribution in [0.5, 0.6) is 0 Å². The predicted octanol–water partition coefficient (Wildman–Crippen LogP) is 3.59. The van der Waals surface area contributed by atoms with Crippen LogP contribution in [0.25, 0.3) is 0 Å². The van der Waals surface area contributed by atoms with Crippen molar-refractivity contribution in [2.24, 2.45) is 5.92 Å². The largest absolute Gasteiger partial charge is 0.468 e. The maximum absolute atomic E-state index is 12.5. The maximum Gasteiger partial charge on any atom is 0.407 e. The van der Waals surface area contributed by atoms with E-state index in [1.807, 2.05) is 74.5 Å². The number of benzene rings is 2. The predicted molar refractivity (Wildman–Crippen MR) is 121 cm³/mol. The van der Waals surface area contributed by atoms with Gasteiger partial charge in [0.2, 0.25) is 0 Å². The monoisotopic (exact) mass is 437 g/mol. The number of carbonyl (C=O) groups excluding carboxylic acids is 2. The summed E-state index contributed by atoms with van der Waals surface area (Å²) < 4.78 is 10.3. The van der Waals surface area contributed by atoms with Gasteiger partial charge in [-0.2, -0.15) is 5.26 Å². The van der Waals surface area contributed by atoms with Crippen LogP contribution in [0.15, 0.2) is 60.7 Å². The van der Waals surface area contributed by atoms with Gasteiger partial charge >= 0.3 is 12.1 Å². The molecular formula is C25H31N3O4. The average Bonchev–Trinajstić information content (AvgIpc) is 2.80. The highest BCUT2D eigenvalue weighted by Gasteiger charge is 2.30. The Labute approximate surface area is 189 Å². The van der Waals surface area contributed by atoms with Crippen LogP contribution in [0.4, 0.5) is 4.79 Å². The van der Waals surface area contributed by atoms with Crippen LogP contribution in [0.1, 0.15) is 31.4 Å². The van der Waals surface area contributed by atoms with E-state index in [1.54, 1.807) is 0 Å². The molecule has 0 fully saturated rings. The zero-order valence-corrected chi connectivity index (χ0v) is 18.8. The first-order chi connectivity index (χ1) is 15.4. The molecule has 0 aliphatic heterocycles. The number of ether oxygens (including phenoxy) is 2. The van der Waals surface area contributed by atoms with Crippen LogP contribution in [0.2, 0.25) is 0 Å². The van der Waals surface area contributed by atoms with Gasteiger partial charge in [0.1, 0.15) is 18.7 Å². The van der Waals surface area contributed by atoms with Crippen molar-refractivity contribution in [1.82, 2.24) is 10.6 Å². The third kappa shape index (κ3) is 8.40. The van der Waals surface area contributed by atoms with Crippen molar-refractivity contribution in [1.29, 1.82) is 5.26 Å². The lowest BCUT2D eigenvalue weighted by atomic mass is 9.97. The van der Waals surface area contributed by atoms with Gasteiger partial charge in [-0.3, -0.25) is 10.1 Å². The van der Waals surface area contributed by atoms with Crippen molar-refractivity contribution >= 4 is 12.1 Å². The lowest BCUT2D eigenvalue weighted by Gasteiger charge is -2.28. The van der Waals surface area contributed by atoms with Gasteiger partial charge in [0, 0.05) is 0 Å². The molecule has 0 bridgehead atoms. The molecule has 2 aromatic carbocycles. The summed E-state index contributed by atoms with van der Waals surface area (Å²) in [7, 11) is 1.32. The summed E-state index contributed by atoms with van der Waals surface area (Å²) in [5, 5.41) is 15.8. The fourth-order valence-corrected chi connectivity index (χ4v) is 3.34. The van der Waals surface area contributed by atoms with Gasteiger partial charge in [-0.05, 0) is 29.9 Å². The standard InChI is InChI=1S/C25H31N3O4/c1-18(2)14-22(24(29)31-3)27-23(16-26)21(15-19-10-6-4-7-11-19)28-25(30)32-17-20-12-8-5-9-13-20/h4-13,18,21-23,27H,14-15,17H2,1-3H3,(H,28,30)/t21-,22-,23-/m0/s1. The smallest absolute Gasteiger partial charge is 0.407 e. The number of hydrogen-bond acceptors (Lipinski definition) is 6. The molecule has 32 heavy (non-hydrogen) atoms. The summed E-state index contributed by atoms with van der Waals surface area (Å²) in [5.41, 5.74) is 1.81. The van der Waals surface area contributed by atoms with Crippen molar-refractivity contribution in [2.45, 2.75) is 51.4 Å². The molecule has 7 heteroatoms. The van der Waals surface area contributed by atoms with Crippen LogP contribution >= 0.6 is 0 Å². The van der Waals surface area contributed by atoms with Gasteiger partial charge in [-0.1, -0.05) is 74.5 Å². The molecule has 0 unspecified atom stereocenters. The summed E-state index contributed by atoms with van der Waals surface area (Å²) in [4.78, 5) is 24.8. The van der Waals surface area contributed by atoms with Gasteiger partial charge in [-0.15, -0.1) is 0 Å². The van der Waals surface area contributed by atoms with E-state index in [4.69, 9.17) is 9.47 Å². The fraction of sp³-hybridized carbons (Fsp3) is 0.400. The summed E-state index contributed by atoms with van der Waals surface area (Å²) in [5.74, 6) is -0.230. The second-order valence-electron chi connectivity index (χ2n) is 7.98. The first-order valence-electron chi connectivity index (χ1n) is 10.7. The minimum Gasteiger partial charge on any atom is -0.468 e. The molecule has 0 aliphatic rings.